The Kier molecular flexibility index (Phi) is 18.2. The van der Waals surface area contributed by atoms with Gasteiger partial charge in [-0.25, -0.2) is 4.98 Å². The van der Waals surface area contributed by atoms with E-state index in [9.17, 15) is 13.2 Å². The second kappa shape index (κ2) is 17.3. The largest absolute Gasteiger partial charge is 1.00 e. The van der Waals surface area contributed by atoms with Gasteiger partial charge in [0, 0.05) is 29.6 Å². The smallest absolute Gasteiger partial charge is 1.00 e. The van der Waals surface area contributed by atoms with Gasteiger partial charge >= 0.3 is 64.4 Å². The minimum absolute atomic E-state index is 0. The zero-order chi connectivity index (χ0) is 24.5. The van der Waals surface area contributed by atoms with E-state index in [0.717, 1.165) is 48.9 Å². The van der Waals surface area contributed by atoms with Crippen LogP contribution in [0.5, 0.6) is 5.75 Å². The molecule has 0 spiro atoms. The molecule has 0 saturated carbocycles. The summed E-state index contributed by atoms with van der Waals surface area (Å²) in [5.74, 6) is 1.28. The third kappa shape index (κ3) is 10.8. The number of aromatic nitrogens is 3. The maximum atomic E-state index is 12.6. The van der Waals surface area contributed by atoms with Crippen LogP contribution in [-0.2, 0) is 13.0 Å². The molecule has 0 saturated heterocycles. The minimum Gasteiger partial charge on any atom is -1.00 e. The summed E-state index contributed by atoms with van der Waals surface area (Å²) in [5.41, 5.74) is 7.91. The van der Waals surface area contributed by atoms with Crippen LogP contribution in [0.1, 0.15) is 57.5 Å². The third-order valence-electron chi connectivity index (χ3n) is 4.94. The van der Waals surface area contributed by atoms with Gasteiger partial charge < -0.3 is 34.4 Å². The molecule has 186 valence electrons. The molecule has 0 aromatic carbocycles. The van der Waals surface area contributed by atoms with E-state index in [2.05, 4.69) is 16.7 Å². The molecule has 3 rings (SSSR count). The summed E-state index contributed by atoms with van der Waals surface area (Å²) in [6, 6.07) is 3.69. The Morgan fingerprint density at radius 1 is 1.26 bits per heavy atom. The molecule has 0 aliphatic carbocycles. The van der Waals surface area contributed by atoms with Crippen molar-refractivity contribution in [1.29, 1.82) is 0 Å². The number of nitrogens with zero attached hydrogens (tertiary/aromatic N) is 3. The van der Waals surface area contributed by atoms with E-state index in [1.54, 1.807) is 19.4 Å². The van der Waals surface area contributed by atoms with Gasteiger partial charge in [-0.2, -0.15) is 18.3 Å². The fourth-order valence-electron chi connectivity index (χ4n) is 3.12. The molecule has 0 atom stereocenters. The van der Waals surface area contributed by atoms with Gasteiger partial charge in [-0.1, -0.05) is 34.3 Å². The monoisotopic (exact) mass is 664 g/mol. The average molecular weight is 665 g/mol. The number of fused-ring (bicyclic) bond motifs is 1. The Hall–Kier alpha value is -0.235. The molecule has 0 fully saturated rings. The first kappa shape index (κ1) is 35.9. The van der Waals surface area contributed by atoms with Gasteiger partial charge in [0.2, 0.25) is 0 Å². The first-order valence-corrected chi connectivity index (χ1v) is 10.8. The van der Waals surface area contributed by atoms with E-state index in [1.807, 2.05) is 45.4 Å². The van der Waals surface area contributed by atoms with Crippen molar-refractivity contribution in [3.05, 3.63) is 53.5 Å². The summed E-state index contributed by atoms with van der Waals surface area (Å²) in [7, 11) is 1.61. The van der Waals surface area contributed by atoms with Crippen LogP contribution in [0.2, 0.25) is 0 Å². The van der Waals surface area contributed by atoms with Crippen molar-refractivity contribution in [3.63, 3.8) is 0 Å². The van der Waals surface area contributed by atoms with Crippen molar-refractivity contribution in [2.45, 2.75) is 66.6 Å². The van der Waals surface area contributed by atoms with E-state index >= 15 is 0 Å². The molecule has 2 aromatic heterocycles. The van der Waals surface area contributed by atoms with Crippen LogP contribution < -0.4 is 92.6 Å². The van der Waals surface area contributed by atoms with E-state index in [-0.39, 0.29) is 88.1 Å². The van der Waals surface area contributed by atoms with Crippen molar-refractivity contribution < 1.29 is 100 Å². The Balaban J connectivity index is 0. The Morgan fingerprint density at radius 3 is 2.35 bits per heavy atom. The SMILES string of the molecule is C=C(/C=C(/c1cc2n(n1)CCCC2)C(C)C)C(F)(F)F.CC.COc1ccnc(N)c1C.[I-].[Rb+]. The number of hydrogen-bond donors (Lipinski definition) is 1. The van der Waals surface area contributed by atoms with Gasteiger partial charge in [-0.05, 0) is 55.9 Å². The van der Waals surface area contributed by atoms with Crippen molar-refractivity contribution in [3.8, 4) is 5.75 Å². The topological polar surface area (TPSA) is 66.0 Å². The molecule has 3 heterocycles. The molecule has 10 heteroatoms. The molecule has 5 nitrogen and oxygen atoms in total. The average Bonchev–Trinajstić information content (AvgIpc) is 3.18. The number of anilines is 1. The molecule has 0 radical (unpaired) electrons. The quantitative estimate of drug-likeness (QED) is 0.380. The van der Waals surface area contributed by atoms with Gasteiger partial charge in [0.25, 0.3) is 0 Å². The summed E-state index contributed by atoms with van der Waals surface area (Å²) >= 11 is 0. The predicted octanol–water partition coefficient (Wildman–Crippen LogP) is 0.392. The number of pyridine rings is 1. The summed E-state index contributed by atoms with van der Waals surface area (Å²) in [6.07, 6.45) is 1.49. The first-order chi connectivity index (χ1) is 15.0. The molecule has 1 aliphatic heterocycles. The Morgan fingerprint density at radius 2 is 1.88 bits per heavy atom. The van der Waals surface area contributed by atoms with Crippen LogP contribution in [0.4, 0.5) is 19.0 Å². The van der Waals surface area contributed by atoms with Crippen molar-refractivity contribution in [1.82, 2.24) is 14.8 Å². The van der Waals surface area contributed by atoms with Gasteiger partial charge in [0.1, 0.15) is 11.6 Å². The molecule has 2 aromatic rings. The van der Waals surface area contributed by atoms with Gasteiger partial charge in [-0.15, -0.1) is 0 Å². The number of ether oxygens (including phenoxy) is 1. The summed E-state index contributed by atoms with van der Waals surface area (Å²) < 4.78 is 44.9. The molecule has 0 amide bonds. The van der Waals surface area contributed by atoms with Crippen LogP contribution in [0.3, 0.4) is 0 Å². The Bertz CT molecular complexity index is 904. The van der Waals surface area contributed by atoms with Crippen LogP contribution in [0, 0.1) is 12.8 Å². The first-order valence-electron chi connectivity index (χ1n) is 10.8. The maximum absolute atomic E-state index is 12.6. The van der Waals surface area contributed by atoms with E-state index in [0.29, 0.717) is 17.1 Å². The number of nitrogens with two attached hydrogens (primary N) is 1. The van der Waals surface area contributed by atoms with Crippen LogP contribution in [-0.4, -0.2) is 28.1 Å². The van der Waals surface area contributed by atoms with E-state index < -0.39 is 11.7 Å². The normalized spacial score (nSPS) is 12.6. The number of allylic oxidation sites excluding steroid dienone is 3. The summed E-state index contributed by atoms with van der Waals surface area (Å²) in [6.45, 7) is 13.6. The molecule has 0 bridgehead atoms. The second-order valence-electron chi connectivity index (χ2n) is 7.50. The number of nitrogen functional groups attached to an aromatic ring is 1. The Labute approximate surface area is 267 Å². The van der Waals surface area contributed by atoms with Crippen molar-refractivity contribution in [2.75, 3.05) is 12.8 Å². The van der Waals surface area contributed by atoms with Crippen molar-refractivity contribution in [2.24, 2.45) is 5.92 Å². The van der Waals surface area contributed by atoms with Gasteiger partial charge in [0.15, 0.2) is 0 Å². The second-order valence-corrected chi connectivity index (χ2v) is 7.50. The molecular weight excluding hydrogens is 630 g/mol. The minimum atomic E-state index is -4.39. The standard InChI is InChI=1S/C15H19F3N2.C7H10N2O.C2H6.HI.Rb/c1-10(2)13(8-11(3)15(16,17)18)14-9-12-6-4-5-7-20(12)19-14;1-5-6(10-2)3-4-9-7(5)8;1-2;;/h8-10H,3-7H2,1-2H3;3-4H,1-2H3,(H2,8,9);1-2H3;1H;/q;;;;+1/p-1/b13-8+;;;;. The summed E-state index contributed by atoms with van der Waals surface area (Å²) in [5, 5.41) is 4.45. The number of hydrogen-bond acceptors (Lipinski definition) is 4. The molecular formula is C24H35F3IN4ORb. The molecule has 1 aliphatic rings. The molecule has 0 unspecified atom stereocenters. The number of methoxy groups -OCH3 is 1. The predicted molar refractivity (Wildman–Crippen MR) is 124 cm³/mol. The zero-order valence-electron chi connectivity index (χ0n) is 21.3. The van der Waals surface area contributed by atoms with E-state index in [4.69, 9.17) is 10.5 Å². The number of aryl methyl sites for hydroxylation is 2. The van der Waals surface area contributed by atoms with Gasteiger partial charge in [0.05, 0.1) is 12.8 Å². The number of alkyl halides is 3. The molecule has 2 N–H and O–H groups in total. The van der Waals surface area contributed by atoms with Crippen LogP contribution >= 0.6 is 0 Å². The number of rotatable bonds is 4. The van der Waals surface area contributed by atoms with E-state index in [1.165, 1.54) is 0 Å². The van der Waals surface area contributed by atoms with Crippen molar-refractivity contribution >= 4 is 11.4 Å². The third-order valence-corrected chi connectivity index (χ3v) is 4.94. The fourth-order valence-corrected chi connectivity index (χ4v) is 3.12. The summed E-state index contributed by atoms with van der Waals surface area (Å²) in [4.78, 5) is 3.89. The fraction of sp³-hybridized carbons (Fsp3) is 0.500. The maximum Gasteiger partial charge on any atom is 1.00 e. The van der Waals surface area contributed by atoms with Crippen LogP contribution in [0.15, 0.2) is 36.6 Å². The zero-order valence-corrected chi connectivity index (χ0v) is 28.3. The number of halogens is 4. The van der Waals surface area contributed by atoms with Gasteiger partial charge in [-0.3, -0.25) is 4.68 Å². The molecule has 34 heavy (non-hydrogen) atoms. The van der Waals surface area contributed by atoms with Crippen LogP contribution in [0.25, 0.3) is 5.57 Å².